The lowest BCUT2D eigenvalue weighted by molar-refractivity contribution is 0.102. The highest BCUT2D eigenvalue weighted by atomic mass is 32.1. The fraction of sp³-hybridized carbons (Fsp3) is 0.158. The van der Waals surface area contributed by atoms with Gasteiger partial charge >= 0.3 is 0 Å². The third-order valence-corrected chi connectivity index (χ3v) is 4.50. The van der Waals surface area contributed by atoms with E-state index in [1.807, 2.05) is 24.3 Å². The number of ether oxygens (including phenoxy) is 1. The molecular weight excluding hydrogens is 364 g/mol. The molecule has 0 saturated carbocycles. The number of methoxy groups -OCH3 is 1. The quantitative estimate of drug-likeness (QED) is 0.474. The van der Waals surface area contributed by atoms with Crippen molar-refractivity contribution >= 4 is 38.8 Å². The second kappa shape index (κ2) is 9.02. The first kappa shape index (κ1) is 18.7. The van der Waals surface area contributed by atoms with Gasteiger partial charge in [0, 0.05) is 23.5 Å². The van der Waals surface area contributed by atoms with Gasteiger partial charge in [-0.25, -0.2) is 4.98 Å². The molecule has 1 amide bonds. The Kier molecular flexibility index (Phi) is 6.24. The van der Waals surface area contributed by atoms with E-state index >= 15 is 0 Å². The molecule has 7 nitrogen and oxygen atoms in total. The summed E-state index contributed by atoms with van der Waals surface area (Å²) in [6, 6.07) is 14.6. The van der Waals surface area contributed by atoms with Crippen molar-refractivity contribution in [2.75, 3.05) is 36.2 Å². The van der Waals surface area contributed by atoms with E-state index in [0.717, 1.165) is 17.1 Å². The molecule has 0 aliphatic carbocycles. The minimum atomic E-state index is -0.205. The largest absolute Gasteiger partial charge is 0.497 e. The van der Waals surface area contributed by atoms with Gasteiger partial charge in [-0.15, -0.1) is 0 Å². The number of carbonyl (C=O) groups excluding carboxylic acids is 1. The zero-order valence-corrected chi connectivity index (χ0v) is 15.5. The second-order valence-corrected chi connectivity index (χ2v) is 6.60. The molecule has 3 rings (SSSR count). The zero-order chi connectivity index (χ0) is 19.1. The SMILES string of the molecule is COc1ccc(Nc2ncc(NC(=O)c3ccc(NCCO)cc3)s2)cc1. The van der Waals surface area contributed by atoms with Crippen LogP contribution in [0.25, 0.3) is 0 Å². The van der Waals surface area contributed by atoms with E-state index in [2.05, 4.69) is 20.9 Å². The molecule has 1 aromatic heterocycles. The Morgan fingerprint density at radius 1 is 1.11 bits per heavy atom. The van der Waals surface area contributed by atoms with Gasteiger partial charge in [0.05, 0.1) is 19.9 Å². The number of nitrogens with zero attached hydrogens (tertiary/aromatic N) is 1. The average Bonchev–Trinajstić information content (AvgIpc) is 3.14. The lowest BCUT2D eigenvalue weighted by atomic mass is 10.2. The lowest BCUT2D eigenvalue weighted by Gasteiger charge is -2.06. The van der Waals surface area contributed by atoms with Crippen LogP contribution in [-0.4, -0.2) is 36.3 Å². The molecule has 0 radical (unpaired) electrons. The fourth-order valence-electron chi connectivity index (χ4n) is 2.31. The van der Waals surface area contributed by atoms with Crippen LogP contribution in [0, 0.1) is 0 Å². The Labute approximate surface area is 161 Å². The van der Waals surface area contributed by atoms with Crippen LogP contribution in [0.5, 0.6) is 5.75 Å². The summed E-state index contributed by atoms with van der Waals surface area (Å²) in [6.07, 6.45) is 1.62. The number of anilines is 4. The topological polar surface area (TPSA) is 95.5 Å². The Morgan fingerprint density at radius 2 is 1.81 bits per heavy atom. The number of carbonyl (C=O) groups is 1. The third-order valence-electron chi connectivity index (χ3n) is 3.67. The summed E-state index contributed by atoms with van der Waals surface area (Å²) in [7, 11) is 1.62. The summed E-state index contributed by atoms with van der Waals surface area (Å²) in [5, 5.41) is 19.2. The predicted molar refractivity (Wildman–Crippen MR) is 108 cm³/mol. The summed E-state index contributed by atoms with van der Waals surface area (Å²) in [4.78, 5) is 16.6. The molecule has 4 N–H and O–H groups in total. The van der Waals surface area contributed by atoms with Crippen LogP contribution in [0.15, 0.2) is 54.7 Å². The van der Waals surface area contributed by atoms with Crippen molar-refractivity contribution < 1.29 is 14.6 Å². The molecule has 0 saturated heterocycles. The highest BCUT2D eigenvalue weighted by Crippen LogP contribution is 2.27. The summed E-state index contributed by atoms with van der Waals surface area (Å²) in [5.41, 5.74) is 2.28. The summed E-state index contributed by atoms with van der Waals surface area (Å²) in [5.74, 6) is 0.577. The first-order valence-electron chi connectivity index (χ1n) is 8.31. The highest BCUT2D eigenvalue weighted by Gasteiger charge is 2.09. The molecular formula is C19H20N4O3S. The monoisotopic (exact) mass is 384 g/mol. The maximum atomic E-state index is 12.4. The van der Waals surface area contributed by atoms with Crippen molar-refractivity contribution in [3.8, 4) is 5.75 Å². The lowest BCUT2D eigenvalue weighted by Crippen LogP contribution is -2.11. The number of aliphatic hydroxyl groups is 1. The minimum Gasteiger partial charge on any atom is -0.497 e. The van der Waals surface area contributed by atoms with E-state index in [9.17, 15) is 4.79 Å². The first-order chi connectivity index (χ1) is 13.2. The smallest absolute Gasteiger partial charge is 0.256 e. The average molecular weight is 384 g/mol. The number of thiazole rings is 1. The van der Waals surface area contributed by atoms with Gasteiger partial charge in [0.25, 0.3) is 5.91 Å². The molecule has 0 fully saturated rings. The van der Waals surface area contributed by atoms with Gasteiger partial charge in [-0.1, -0.05) is 11.3 Å². The van der Waals surface area contributed by atoms with Crippen molar-refractivity contribution in [2.24, 2.45) is 0 Å². The van der Waals surface area contributed by atoms with Crippen molar-refractivity contribution in [2.45, 2.75) is 0 Å². The van der Waals surface area contributed by atoms with Crippen LogP contribution < -0.4 is 20.7 Å². The number of hydrogen-bond donors (Lipinski definition) is 4. The predicted octanol–water partition coefficient (Wildman–Crippen LogP) is 3.55. The molecule has 140 valence electrons. The van der Waals surface area contributed by atoms with Gasteiger partial charge in [0.1, 0.15) is 10.8 Å². The number of hydrogen-bond acceptors (Lipinski definition) is 7. The van der Waals surface area contributed by atoms with Gasteiger partial charge in [-0.3, -0.25) is 4.79 Å². The molecule has 8 heteroatoms. The standard InChI is InChI=1S/C19H20N4O3S/c1-26-16-8-6-15(7-9-16)22-19-21-12-17(27-19)23-18(25)13-2-4-14(5-3-13)20-10-11-24/h2-9,12,20,24H,10-11H2,1H3,(H,21,22)(H,23,25). The molecule has 0 spiro atoms. The zero-order valence-electron chi connectivity index (χ0n) is 14.7. The van der Waals surface area contributed by atoms with Crippen molar-refractivity contribution in [3.05, 3.63) is 60.3 Å². The normalized spacial score (nSPS) is 10.3. The van der Waals surface area contributed by atoms with Crippen molar-refractivity contribution in [3.63, 3.8) is 0 Å². The number of aromatic nitrogens is 1. The Bertz CT molecular complexity index is 879. The van der Waals surface area contributed by atoms with Crippen LogP contribution in [0.2, 0.25) is 0 Å². The molecule has 0 unspecified atom stereocenters. The van der Waals surface area contributed by atoms with Gasteiger partial charge in [0.2, 0.25) is 0 Å². The highest BCUT2D eigenvalue weighted by molar-refractivity contribution is 7.19. The minimum absolute atomic E-state index is 0.0561. The number of nitrogens with one attached hydrogen (secondary N) is 3. The van der Waals surface area contributed by atoms with Gasteiger partial charge in [0.15, 0.2) is 5.13 Å². The summed E-state index contributed by atoms with van der Waals surface area (Å²) < 4.78 is 5.13. The number of rotatable bonds is 8. The van der Waals surface area contributed by atoms with Crippen LogP contribution in [0.1, 0.15) is 10.4 Å². The Balaban J connectivity index is 1.58. The summed E-state index contributed by atoms with van der Waals surface area (Å²) >= 11 is 1.35. The maximum Gasteiger partial charge on any atom is 0.256 e. The molecule has 0 atom stereocenters. The van der Waals surface area contributed by atoms with E-state index in [0.29, 0.717) is 22.2 Å². The van der Waals surface area contributed by atoms with Gasteiger partial charge < -0.3 is 25.8 Å². The fourth-order valence-corrected chi connectivity index (χ4v) is 3.04. The Hall–Kier alpha value is -3.10. The van der Waals surface area contributed by atoms with Crippen LogP contribution in [0.3, 0.4) is 0 Å². The number of amides is 1. The second-order valence-electron chi connectivity index (χ2n) is 5.57. The van der Waals surface area contributed by atoms with E-state index in [1.54, 1.807) is 37.6 Å². The van der Waals surface area contributed by atoms with E-state index in [4.69, 9.17) is 9.84 Å². The number of aliphatic hydroxyl groups excluding tert-OH is 1. The maximum absolute atomic E-state index is 12.4. The molecule has 3 aromatic rings. The van der Waals surface area contributed by atoms with Crippen LogP contribution >= 0.6 is 11.3 Å². The third kappa shape index (κ3) is 5.19. The van der Waals surface area contributed by atoms with Crippen molar-refractivity contribution in [1.82, 2.24) is 4.98 Å². The van der Waals surface area contributed by atoms with Crippen molar-refractivity contribution in [1.29, 1.82) is 0 Å². The van der Waals surface area contributed by atoms with E-state index in [-0.39, 0.29) is 12.5 Å². The van der Waals surface area contributed by atoms with E-state index in [1.165, 1.54) is 11.3 Å². The van der Waals surface area contributed by atoms with E-state index < -0.39 is 0 Å². The van der Waals surface area contributed by atoms with Gasteiger partial charge in [-0.05, 0) is 48.5 Å². The molecule has 0 bridgehead atoms. The number of benzene rings is 2. The molecule has 27 heavy (non-hydrogen) atoms. The molecule has 0 aliphatic heterocycles. The van der Waals surface area contributed by atoms with Crippen LogP contribution in [-0.2, 0) is 0 Å². The molecule has 2 aromatic carbocycles. The molecule has 0 aliphatic rings. The summed E-state index contributed by atoms with van der Waals surface area (Å²) in [6.45, 7) is 0.525. The molecule has 1 heterocycles. The first-order valence-corrected chi connectivity index (χ1v) is 9.12. The van der Waals surface area contributed by atoms with Crippen LogP contribution in [0.4, 0.5) is 21.5 Å². The Morgan fingerprint density at radius 3 is 2.48 bits per heavy atom. The van der Waals surface area contributed by atoms with Gasteiger partial charge in [-0.2, -0.15) is 0 Å².